The molecule has 1 saturated heterocycles. The van der Waals surface area contributed by atoms with Gasteiger partial charge >= 0.3 is 0 Å². The molecule has 1 aliphatic carbocycles. The van der Waals surface area contributed by atoms with Gasteiger partial charge in [0, 0.05) is 23.5 Å². The first-order chi connectivity index (χ1) is 9.25. The third-order valence-electron chi connectivity index (χ3n) is 3.72. The maximum atomic E-state index is 12.4. The number of benzene rings is 1. The predicted octanol–water partition coefficient (Wildman–Crippen LogP) is 1.97. The molecule has 1 aromatic carbocycles. The highest BCUT2D eigenvalue weighted by Crippen LogP contribution is 2.56. The van der Waals surface area contributed by atoms with Gasteiger partial charge in [0.2, 0.25) is 17.2 Å². The molecule has 4 heteroatoms. The van der Waals surface area contributed by atoms with Crippen molar-refractivity contribution >= 4 is 11.6 Å². The summed E-state index contributed by atoms with van der Waals surface area (Å²) >= 11 is 0. The Balaban J connectivity index is 1.81. The van der Waals surface area contributed by atoms with Crippen LogP contribution >= 0.6 is 0 Å². The lowest BCUT2D eigenvalue weighted by Gasteiger charge is -1.99. The highest BCUT2D eigenvalue weighted by atomic mass is 16.6. The standard InChI is InChI=1S/C15H9NO3/c17-12-10-3-1-2-4-11(10)13(18)15(12)14(19-15)9-5-7-16-8-6-9/h1-8,14H. The third kappa shape index (κ3) is 1.19. The Morgan fingerprint density at radius 1 is 0.947 bits per heavy atom. The normalized spacial score (nSPS) is 22.6. The molecule has 0 N–H and O–H groups in total. The van der Waals surface area contributed by atoms with Gasteiger partial charge in [-0.1, -0.05) is 24.3 Å². The molecule has 1 aliphatic heterocycles. The lowest BCUT2D eigenvalue weighted by Crippen LogP contribution is -2.27. The van der Waals surface area contributed by atoms with Crippen LogP contribution in [0.2, 0.25) is 0 Å². The molecule has 0 saturated carbocycles. The number of fused-ring (bicyclic) bond motifs is 1. The molecule has 1 fully saturated rings. The van der Waals surface area contributed by atoms with E-state index in [9.17, 15) is 9.59 Å². The van der Waals surface area contributed by atoms with E-state index >= 15 is 0 Å². The monoisotopic (exact) mass is 251 g/mol. The van der Waals surface area contributed by atoms with Gasteiger partial charge in [0.15, 0.2) is 0 Å². The van der Waals surface area contributed by atoms with Gasteiger partial charge < -0.3 is 4.74 Å². The Morgan fingerprint density at radius 2 is 1.53 bits per heavy atom. The van der Waals surface area contributed by atoms with Gasteiger partial charge in [-0.3, -0.25) is 14.6 Å². The van der Waals surface area contributed by atoms with Crippen molar-refractivity contribution in [2.24, 2.45) is 0 Å². The van der Waals surface area contributed by atoms with E-state index in [1.54, 1.807) is 48.8 Å². The van der Waals surface area contributed by atoms with E-state index in [1.165, 1.54) is 0 Å². The second-order valence-electron chi connectivity index (χ2n) is 4.72. The Morgan fingerprint density at radius 3 is 2.11 bits per heavy atom. The summed E-state index contributed by atoms with van der Waals surface area (Å²) in [6, 6.07) is 10.4. The van der Waals surface area contributed by atoms with Crippen molar-refractivity contribution in [3.05, 3.63) is 65.5 Å². The zero-order valence-corrected chi connectivity index (χ0v) is 9.87. The van der Waals surface area contributed by atoms with Crippen LogP contribution in [0.1, 0.15) is 32.4 Å². The van der Waals surface area contributed by atoms with Crippen molar-refractivity contribution in [1.82, 2.24) is 4.98 Å². The summed E-state index contributed by atoms with van der Waals surface area (Å²) in [5.74, 6) is -0.454. The summed E-state index contributed by atoms with van der Waals surface area (Å²) in [7, 11) is 0. The summed E-state index contributed by atoms with van der Waals surface area (Å²) in [6.45, 7) is 0. The Kier molecular flexibility index (Phi) is 1.87. The molecule has 1 unspecified atom stereocenters. The highest BCUT2D eigenvalue weighted by molar-refractivity contribution is 6.34. The van der Waals surface area contributed by atoms with Crippen molar-refractivity contribution in [1.29, 1.82) is 0 Å². The fourth-order valence-electron chi connectivity index (χ4n) is 2.72. The minimum Gasteiger partial charge on any atom is -0.344 e. The molecule has 0 amide bonds. The van der Waals surface area contributed by atoms with Crippen molar-refractivity contribution in [3.63, 3.8) is 0 Å². The molecule has 1 aromatic heterocycles. The molecule has 2 aromatic rings. The molecular formula is C15H9NO3. The summed E-state index contributed by atoms with van der Waals surface area (Å²) in [4.78, 5) is 28.7. The second kappa shape index (κ2) is 3.36. The second-order valence-corrected chi connectivity index (χ2v) is 4.72. The number of hydrogen-bond donors (Lipinski definition) is 0. The fraction of sp³-hybridized carbons (Fsp3) is 0.133. The van der Waals surface area contributed by atoms with Crippen LogP contribution in [0.3, 0.4) is 0 Å². The number of ketones is 2. The Labute approximate surface area is 109 Å². The molecule has 2 heterocycles. The number of aromatic nitrogens is 1. The summed E-state index contributed by atoms with van der Waals surface area (Å²) in [6.07, 6.45) is 2.77. The van der Waals surface area contributed by atoms with Gasteiger partial charge in [-0.05, 0) is 17.7 Å². The Hall–Kier alpha value is -2.33. The number of epoxide rings is 1. The number of rotatable bonds is 1. The van der Waals surface area contributed by atoms with E-state index in [0.717, 1.165) is 5.56 Å². The number of hydrogen-bond acceptors (Lipinski definition) is 4. The van der Waals surface area contributed by atoms with Crippen LogP contribution in [0.15, 0.2) is 48.8 Å². The maximum Gasteiger partial charge on any atom is 0.224 e. The van der Waals surface area contributed by atoms with Crippen molar-refractivity contribution in [3.8, 4) is 0 Å². The lowest BCUT2D eigenvalue weighted by atomic mass is 9.95. The van der Waals surface area contributed by atoms with Gasteiger partial charge in [0.1, 0.15) is 6.10 Å². The minimum atomic E-state index is -1.31. The molecule has 0 radical (unpaired) electrons. The Bertz CT molecular complexity index is 673. The van der Waals surface area contributed by atoms with Crippen LogP contribution < -0.4 is 0 Å². The molecule has 1 atom stereocenters. The molecule has 1 spiro atoms. The zero-order chi connectivity index (χ0) is 13.0. The number of carbonyl (C=O) groups excluding carboxylic acids is 2. The lowest BCUT2D eigenvalue weighted by molar-refractivity contribution is 0.0785. The number of carbonyl (C=O) groups is 2. The SMILES string of the molecule is O=C1c2ccccc2C(=O)C12OC2c1ccncc1. The summed E-state index contributed by atoms with van der Waals surface area (Å²) < 4.78 is 5.53. The van der Waals surface area contributed by atoms with Gasteiger partial charge in [0.05, 0.1) is 0 Å². The van der Waals surface area contributed by atoms with Crippen molar-refractivity contribution in [2.75, 3.05) is 0 Å². The van der Waals surface area contributed by atoms with Crippen LogP contribution in [0, 0.1) is 0 Å². The first-order valence-electron chi connectivity index (χ1n) is 6.01. The average molecular weight is 251 g/mol. The van der Waals surface area contributed by atoms with Crippen LogP contribution in [0.5, 0.6) is 0 Å². The van der Waals surface area contributed by atoms with Crippen molar-refractivity contribution in [2.45, 2.75) is 11.7 Å². The summed E-state index contributed by atoms with van der Waals surface area (Å²) in [5.41, 5.74) is 0.419. The van der Waals surface area contributed by atoms with Crippen LogP contribution in [-0.4, -0.2) is 22.2 Å². The van der Waals surface area contributed by atoms with Crippen LogP contribution in [0.25, 0.3) is 0 Å². The third-order valence-corrected chi connectivity index (χ3v) is 3.72. The molecule has 19 heavy (non-hydrogen) atoms. The number of ether oxygens (including phenoxy) is 1. The fourth-order valence-corrected chi connectivity index (χ4v) is 2.72. The van der Waals surface area contributed by atoms with Gasteiger partial charge in [0.25, 0.3) is 0 Å². The average Bonchev–Trinajstić information content (AvgIpc) is 3.19. The molecule has 92 valence electrons. The van der Waals surface area contributed by atoms with Crippen molar-refractivity contribution < 1.29 is 14.3 Å². The first kappa shape index (κ1) is 10.6. The quantitative estimate of drug-likeness (QED) is 0.574. The largest absolute Gasteiger partial charge is 0.344 e. The first-order valence-corrected chi connectivity index (χ1v) is 6.01. The van der Waals surface area contributed by atoms with E-state index in [0.29, 0.717) is 11.1 Å². The van der Waals surface area contributed by atoms with E-state index in [4.69, 9.17) is 4.74 Å². The van der Waals surface area contributed by atoms with Gasteiger partial charge in [-0.25, -0.2) is 0 Å². The molecular weight excluding hydrogens is 242 g/mol. The topological polar surface area (TPSA) is 59.6 Å². The predicted molar refractivity (Wildman–Crippen MR) is 65.9 cm³/mol. The maximum absolute atomic E-state index is 12.4. The van der Waals surface area contributed by atoms with E-state index in [1.807, 2.05) is 0 Å². The zero-order valence-electron chi connectivity index (χ0n) is 9.87. The van der Waals surface area contributed by atoms with E-state index in [2.05, 4.69) is 4.98 Å². The number of Topliss-reactive ketones (excluding diaryl/α,β-unsaturated/α-hetero) is 2. The number of nitrogens with zero attached hydrogens (tertiary/aromatic N) is 1. The molecule has 0 bridgehead atoms. The summed E-state index contributed by atoms with van der Waals surface area (Å²) in [5, 5.41) is 0. The molecule has 4 rings (SSSR count). The van der Waals surface area contributed by atoms with Gasteiger partial charge in [-0.2, -0.15) is 0 Å². The van der Waals surface area contributed by atoms with Gasteiger partial charge in [-0.15, -0.1) is 0 Å². The van der Waals surface area contributed by atoms with E-state index in [-0.39, 0.29) is 11.6 Å². The van der Waals surface area contributed by atoms with Crippen LogP contribution in [0.4, 0.5) is 0 Å². The minimum absolute atomic E-state index is 0.227. The highest BCUT2D eigenvalue weighted by Gasteiger charge is 2.71. The smallest absolute Gasteiger partial charge is 0.224 e. The number of pyridine rings is 1. The van der Waals surface area contributed by atoms with Crippen LogP contribution in [-0.2, 0) is 4.74 Å². The molecule has 4 nitrogen and oxygen atoms in total. The molecule has 2 aliphatic rings. The van der Waals surface area contributed by atoms with E-state index < -0.39 is 11.7 Å².